The Bertz CT molecular complexity index is 2120. The Balaban J connectivity index is 1.63. The topological polar surface area (TPSA) is 36.7 Å². The van der Waals surface area contributed by atoms with Crippen molar-refractivity contribution in [3.8, 4) is 28.3 Å². The third-order valence-electron chi connectivity index (χ3n) is 8.63. The van der Waals surface area contributed by atoms with Gasteiger partial charge in [0.15, 0.2) is 0 Å². The molecule has 1 aromatic heterocycles. The predicted octanol–water partition coefficient (Wildman–Crippen LogP) is 9.29. The highest BCUT2D eigenvalue weighted by Gasteiger charge is 2.47. The fourth-order valence-electron chi connectivity index (χ4n) is 7.00. The van der Waals surface area contributed by atoms with Crippen LogP contribution in [-0.2, 0) is 5.41 Å². The van der Waals surface area contributed by atoms with Gasteiger partial charge in [0.2, 0.25) is 0 Å². The van der Waals surface area contributed by atoms with Crippen LogP contribution in [0.4, 0.5) is 0 Å². The van der Waals surface area contributed by atoms with Crippen molar-refractivity contribution in [2.75, 3.05) is 0 Å². The molecule has 0 radical (unpaired) electrons. The number of nitriles is 1. The van der Waals surface area contributed by atoms with Gasteiger partial charge in [0, 0.05) is 6.20 Å². The third-order valence-corrected chi connectivity index (χ3v) is 8.63. The van der Waals surface area contributed by atoms with E-state index in [1.165, 1.54) is 49.5 Å². The summed E-state index contributed by atoms with van der Waals surface area (Å²) in [6, 6.07) is 52.3. The van der Waals surface area contributed by atoms with Gasteiger partial charge in [-0.1, -0.05) is 121 Å². The van der Waals surface area contributed by atoms with Gasteiger partial charge in [0.05, 0.1) is 5.41 Å². The molecule has 0 saturated carbocycles. The number of rotatable bonds is 3. The van der Waals surface area contributed by atoms with Gasteiger partial charge in [-0.2, -0.15) is 5.26 Å². The summed E-state index contributed by atoms with van der Waals surface area (Å²) in [6.07, 6.45) is 1.74. The predicted molar refractivity (Wildman–Crippen MR) is 167 cm³/mol. The Morgan fingerprint density at radius 1 is 0.537 bits per heavy atom. The average molecular weight is 521 g/mol. The Hall–Kier alpha value is -5.52. The molecule has 0 bridgehead atoms. The molecule has 8 rings (SSSR count). The zero-order chi connectivity index (χ0) is 27.4. The maximum atomic E-state index is 9.66. The van der Waals surface area contributed by atoms with E-state index in [0.29, 0.717) is 5.69 Å². The van der Waals surface area contributed by atoms with Crippen LogP contribution >= 0.6 is 0 Å². The van der Waals surface area contributed by atoms with E-state index in [4.69, 9.17) is 0 Å². The summed E-state index contributed by atoms with van der Waals surface area (Å²) >= 11 is 0. The van der Waals surface area contributed by atoms with Gasteiger partial charge in [0.1, 0.15) is 11.8 Å². The van der Waals surface area contributed by atoms with Crippen LogP contribution in [-0.4, -0.2) is 4.98 Å². The molecular formula is C39H24N2. The van der Waals surface area contributed by atoms with Crippen LogP contribution in [0.15, 0.2) is 146 Å². The fourth-order valence-corrected chi connectivity index (χ4v) is 7.00. The monoisotopic (exact) mass is 520 g/mol. The molecule has 0 amide bonds. The van der Waals surface area contributed by atoms with Gasteiger partial charge in [-0.15, -0.1) is 0 Å². The number of nitrogens with zero attached hydrogens (tertiary/aromatic N) is 2. The molecule has 1 aliphatic carbocycles. The summed E-state index contributed by atoms with van der Waals surface area (Å²) in [4.78, 5) is 4.27. The molecule has 0 atom stereocenters. The van der Waals surface area contributed by atoms with E-state index in [1.54, 1.807) is 6.20 Å². The van der Waals surface area contributed by atoms with E-state index in [0.717, 1.165) is 16.5 Å². The standard InChI is InChI=1S/C39H24N2/c40-25-30-23-27(21-22-41-30)34-24-36-38(33-18-10-9-17-32(33)34)37-31-16-8-7-11-26(31)19-20-35(37)39(36,28-12-3-1-4-13-28)29-14-5-2-6-15-29/h1-24H. The molecule has 1 heterocycles. The lowest BCUT2D eigenvalue weighted by Crippen LogP contribution is -2.28. The molecule has 1 aliphatic rings. The lowest BCUT2D eigenvalue weighted by atomic mass is 9.67. The van der Waals surface area contributed by atoms with Crippen molar-refractivity contribution in [1.29, 1.82) is 5.26 Å². The van der Waals surface area contributed by atoms with Gasteiger partial charge in [0.25, 0.3) is 0 Å². The number of aromatic nitrogens is 1. The van der Waals surface area contributed by atoms with E-state index in [9.17, 15) is 5.26 Å². The second kappa shape index (κ2) is 9.01. The quantitative estimate of drug-likeness (QED) is 0.233. The van der Waals surface area contributed by atoms with Crippen molar-refractivity contribution in [2.45, 2.75) is 5.41 Å². The molecule has 2 nitrogen and oxygen atoms in total. The first-order valence-electron chi connectivity index (χ1n) is 13.9. The molecule has 0 aliphatic heterocycles. The summed E-state index contributed by atoms with van der Waals surface area (Å²) in [5, 5.41) is 14.5. The van der Waals surface area contributed by atoms with E-state index >= 15 is 0 Å². The Kier molecular flexibility index (Phi) is 5.14. The average Bonchev–Trinajstić information content (AvgIpc) is 3.37. The minimum Gasteiger partial charge on any atom is -0.246 e. The van der Waals surface area contributed by atoms with E-state index in [1.807, 2.05) is 12.1 Å². The number of pyridine rings is 1. The smallest absolute Gasteiger partial charge is 0.141 e. The van der Waals surface area contributed by atoms with Crippen molar-refractivity contribution < 1.29 is 0 Å². The second-order valence-corrected chi connectivity index (χ2v) is 10.6. The van der Waals surface area contributed by atoms with E-state index < -0.39 is 5.41 Å². The van der Waals surface area contributed by atoms with E-state index in [-0.39, 0.29) is 0 Å². The van der Waals surface area contributed by atoms with Crippen LogP contribution in [0, 0.1) is 11.3 Å². The van der Waals surface area contributed by atoms with Crippen LogP contribution in [0.2, 0.25) is 0 Å². The molecule has 0 spiro atoms. The van der Waals surface area contributed by atoms with Crippen LogP contribution in [0.25, 0.3) is 43.8 Å². The minimum absolute atomic E-state index is 0.416. The number of hydrogen-bond donors (Lipinski definition) is 0. The summed E-state index contributed by atoms with van der Waals surface area (Å²) < 4.78 is 0. The van der Waals surface area contributed by atoms with Gasteiger partial charge >= 0.3 is 0 Å². The lowest BCUT2D eigenvalue weighted by Gasteiger charge is -2.34. The molecule has 0 saturated heterocycles. The molecule has 7 aromatic rings. The Morgan fingerprint density at radius 3 is 1.85 bits per heavy atom. The van der Waals surface area contributed by atoms with Crippen LogP contribution in [0.3, 0.4) is 0 Å². The molecule has 190 valence electrons. The summed E-state index contributed by atoms with van der Waals surface area (Å²) in [5.74, 6) is 0. The van der Waals surface area contributed by atoms with Gasteiger partial charge < -0.3 is 0 Å². The SMILES string of the molecule is N#Cc1cc(-c2cc3c(c4ccccc24)-c2c(ccc4ccccc24)C3(c2ccccc2)c2ccccc2)ccn1. The maximum Gasteiger partial charge on any atom is 0.141 e. The molecule has 6 aromatic carbocycles. The molecule has 0 N–H and O–H groups in total. The van der Waals surface area contributed by atoms with Gasteiger partial charge in [-0.05, 0) is 84.3 Å². The highest BCUT2D eigenvalue weighted by atomic mass is 14.7. The Morgan fingerprint density at radius 2 is 1.15 bits per heavy atom. The van der Waals surface area contributed by atoms with Crippen LogP contribution < -0.4 is 0 Å². The van der Waals surface area contributed by atoms with Crippen molar-refractivity contribution in [2.24, 2.45) is 0 Å². The molecular weight excluding hydrogens is 496 g/mol. The summed E-state index contributed by atoms with van der Waals surface area (Å²) in [5.41, 5.74) is 9.56. The van der Waals surface area contributed by atoms with Crippen molar-refractivity contribution in [3.63, 3.8) is 0 Å². The van der Waals surface area contributed by atoms with E-state index in [2.05, 4.69) is 138 Å². The molecule has 0 fully saturated rings. The zero-order valence-corrected chi connectivity index (χ0v) is 22.3. The number of hydrogen-bond acceptors (Lipinski definition) is 2. The first kappa shape index (κ1) is 23.4. The highest BCUT2D eigenvalue weighted by Crippen LogP contribution is 2.60. The third kappa shape index (κ3) is 3.27. The normalized spacial score (nSPS) is 13.0. The summed E-state index contributed by atoms with van der Waals surface area (Å²) in [6.45, 7) is 0. The number of fused-ring (bicyclic) bond motifs is 7. The molecule has 41 heavy (non-hydrogen) atoms. The first-order valence-corrected chi connectivity index (χ1v) is 13.9. The molecule has 0 unspecified atom stereocenters. The minimum atomic E-state index is -0.527. The van der Waals surface area contributed by atoms with Gasteiger partial charge in [-0.25, -0.2) is 4.98 Å². The highest BCUT2D eigenvalue weighted by molar-refractivity contribution is 6.15. The zero-order valence-electron chi connectivity index (χ0n) is 22.3. The summed E-state index contributed by atoms with van der Waals surface area (Å²) in [7, 11) is 0. The van der Waals surface area contributed by atoms with Crippen LogP contribution in [0.1, 0.15) is 27.9 Å². The maximum absolute atomic E-state index is 9.66. The largest absolute Gasteiger partial charge is 0.246 e. The van der Waals surface area contributed by atoms with Crippen molar-refractivity contribution in [3.05, 3.63) is 174 Å². The second-order valence-electron chi connectivity index (χ2n) is 10.6. The van der Waals surface area contributed by atoms with Crippen molar-refractivity contribution in [1.82, 2.24) is 4.98 Å². The van der Waals surface area contributed by atoms with Crippen LogP contribution in [0.5, 0.6) is 0 Å². The first-order chi connectivity index (χ1) is 20.3. The lowest BCUT2D eigenvalue weighted by molar-refractivity contribution is 0.770. The van der Waals surface area contributed by atoms with Gasteiger partial charge in [-0.3, -0.25) is 0 Å². The van der Waals surface area contributed by atoms with Crippen molar-refractivity contribution >= 4 is 21.5 Å². The fraction of sp³-hybridized carbons (Fsp3) is 0.0256. The molecule has 2 heteroatoms. The number of benzene rings is 6. The Labute approximate surface area is 238 Å².